The third-order valence-corrected chi connectivity index (χ3v) is 6.72. The Balaban J connectivity index is 0.00000204. The molecular formula is C24H34Cl3N5O2. The molecule has 1 aliphatic carbocycles. The number of aliphatic hydroxyl groups excluding tert-OH is 1. The quantitative estimate of drug-likeness (QED) is 0.589. The number of carbonyl (C=O) groups excluding carboxylic acids is 1. The van der Waals surface area contributed by atoms with Crippen LogP contribution in [0.5, 0.6) is 0 Å². The Labute approximate surface area is 219 Å². The van der Waals surface area contributed by atoms with Gasteiger partial charge in [-0.25, -0.2) is 9.97 Å². The van der Waals surface area contributed by atoms with Crippen molar-refractivity contribution in [1.82, 2.24) is 20.2 Å². The molecule has 0 spiro atoms. The first kappa shape index (κ1) is 28.6. The van der Waals surface area contributed by atoms with Crippen molar-refractivity contribution >= 4 is 48.1 Å². The molecule has 2 aromatic rings. The first-order valence-electron chi connectivity index (χ1n) is 11.4. The maximum Gasteiger partial charge on any atom is 0.231 e. The van der Waals surface area contributed by atoms with E-state index < -0.39 is 6.10 Å². The highest BCUT2D eigenvalue weighted by Crippen LogP contribution is 2.42. The number of rotatable bonds is 6. The Bertz CT molecular complexity index is 952. The zero-order chi connectivity index (χ0) is 22.8. The van der Waals surface area contributed by atoms with Gasteiger partial charge in [-0.1, -0.05) is 44.5 Å². The molecule has 1 aliphatic heterocycles. The second-order valence-electron chi connectivity index (χ2n) is 9.13. The lowest BCUT2D eigenvalue weighted by Crippen LogP contribution is -2.51. The molecular weight excluding hydrogens is 497 g/mol. The largest absolute Gasteiger partial charge is 0.387 e. The fourth-order valence-corrected chi connectivity index (χ4v) is 4.84. The normalized spacial score (nSPS) is 20.4. The van der Waals surface area contributed by atoms with Crippen molar-refractivity contribution < 1.29 is 9.90 Å². The van der Waals surface area contributed by atoms with Gasteiger partial charge in [0, 0.05) is 49.4 Å². The molecule has 7 nitrogen and oxygen atoms in total. The number of hydrogen-bond donors (Lipinski definition) is 2. The van der Waals surface area contributed by atoms with Gasteiger partial charge in [0.15, 0.2) is 0 Å². The molecule has 1 aromatic heterocycles. The number of piperazine rings is 1. The minimum Gasteiger partial charge on any atom is -0.387 e. The Morgan fingerprint density at radius 3 is 2.41 bits per heavy atom. The van der Waals surface area contributed by atoms with Gasteiger partial charge >= 0.3 is 0 Å². The molecule has 0 radical (unpaired) electrons. The smallest absolute Gasteiger partial charge is 0.231 e. The molecule has 4 rings (SSSR count). The Morgan fingerprint density at radius 2 is 1.79 bits per heavy atom. The monoisotopic (exact) mass is 529 g/mol. The van der Waals surface area contributed by atoms with Crippen LogP contribution in [0.25, 0.3) is 0 Å². The fraction of sp³-hybridized carbons (Fsp3) is 0.542. The highest BCUT2D eigenvalue weighted by Gasteiger charge is 2.35. The van der Waals surface area contributed by atoms with E-state index in [-0.39, 0.29) is 42.6 Å². The maximum atomic E-state index is 13.5. The van der Waals surface area contributed by atoms with Crippen LogP contribution in [0.3, 0.4) is 0 Å². The summed E-state index contributed by atoms with van der Waals surface area (Å²) < 4.78 is 0. The van der Waals surface area contributed by atoms with Gasteiger partial charge in [0.25, 0.3) is 0 Å². The zero-order valence-corrected chi connectivity index (χ0v) is 22.2. The number of halogens is 3. The van der Waals surface area contributed by atoms with Gasteiger partial charge in [-0.05, 0) is 30.0 Å². The van der Waals surface area contributed by atoms with E-state index >= 15 is 0 Å². The first-order chi connectivity index (χ1) is 15.3. The fourth-order valence-electron chi connectivity index (χ4n) is 4.71. The number of hydrogen-bond acceptors (Lipinski definition) is 6. The highest BCUT2D eigenvalue weighted by molar-refractivity contribution is 6.30. The number of carbonyl (C=O) groups is 1. The zero-order valence-electron chi connectivity index (χ0n) is 19.8. The van der Waals surface area contributed by atoms with Crippen molar-refractivity contribution in [3.8, 4) is 0 Å². The van der Waals surface area contributed by atoms with Crippen LogP contribution in [0.15, 0.2) is 30.6 Å². The van der Waals surface area contributed by atoms with Crippen molar-refractivity contribution in [3.05, 3.63) is 52.4 Å². The van der Waals surface area contributed by atoms with E-state index in [0.29, 0.717) is 50.2 Å². The molecule has 0 bridgehead atoms. The van der Waals surface area contributed by atoms with Crippen LogP contribution in [-0.4, -0.2) is 64.6 Å². The molecule has 3 atom stereocenters. The summed E-state index contributed by atoms with van der Waals surface area (Å²) in [5, 5.41) is 14.4. The van der Waals surface area contributed by atoms with Gasteiger partial charge < -0.3 is 20.2 Å². The lowest BCUT2D eigenvalue weighted by atomic mass is 9.96. The summed E-state index contributed by atoms with van der Waals surface area (Å²) in [6, 6.07) is 7.87. The van der Waals surface area contributed by atoms with E-state index in [1.807, 2.05) is 29.2 Å². The molecule has 1 amide bonds. The van der Waals surface area contributed by atoms with Gasteiger partial charge in [0.1, 0.15) is 12.1 Å². The molecule has 0 saturated carbocycles. The van der Waals surface area contributed by atoms with Crippen molar-refractivity contribution in [3.63, 3.8) is 0 Å². The predicted octanol–water partition coefficient (Wildman–Crippen LogP) is 3.94. The summed E-state index contributed by atoms with van der Waals surface area (Å²) >= 11 is 6.06. The lowest BCUT2D eigenvalue weighted by Gasteiger charge is -2.38. The number of amides is 1. The summed E-state index contributed by atoms with van der Waals surface area (Å²) in [4.78, 5) is 26.5. The Morgan fingerprint density at radius 1 is 1.15 bits per heavy atom. The highest BCUT2D eigenvalue weighted by atomic mass is 35.5. The minimum atomic E-state index is -0.516. The summed E-state index contributed by atoms with van der Waals surface area (Å²) in [7, 11) is 0. The van der Waals surface area contributed by atoms with Gasteiger partial charge in [-0.2, -0.15) is 0 Å². The van der Waals surface area contributed by atoms with Crippen LogP contribution in [0.4, 0.5) is 5.82 Å². The first-order valence-corrected chi connectivity index (χ1v) is 11.8. The molecule has 1 fully saturated rings. The van der Waals surface area contributed by atoms with E-state index in [0.717, 1.165) is 22.6 Å². The average Bonchev–Trinajstić information content (AvgIpc) is 3.08. The van der Waals surface area contributed by atoms with Crippen molar-refractivity contribution in [2.75, 3.05) is 37.6 Å². The van der Waals surface area contributed by atoms with E-state index in [1.54, 1.807) is 6.33 Å². The third-order valence-electron chi connectivity index (χ3n) is 6.47. The standard InChI is InChI=1S/C24H32ClN5O2.2ClH/c1-15(2)26-13-19(17-4-6-18(25)7-5-17)24(32)30-10-8-29(9-11-30)23-21-16(3)12-20(31)22(21)27-14-28-23;;/h4-7,14-16,19-20,26,31H,8-13H2,1-3H3;2*1H. The molecule has 2 N–H and O–H groups in total. The van der Waals surface area contributed by atoms with Crippen molar-refractivity contribution in [2.24, 2.45) is 0 Å². The van der Waals surface area contributed by atoms with Gasteiger partial charge in [-0.3, -0.25) is 4.79 Å². The van der Waals surface area contributed by atoms with E-state index in [4.69, 9.17) is 11.6 Å². The van der Waals surface area contributed by atoms with Gasteiger partial charge in [0.05, 0.1) is 17.7 Å². The lowest BCUT2D eigenvalue weighted by molar-refractivity contribution is -0.133. The topological polar surface area (TPSA) is 81.6 Å². The maximum absolute atomic E-state index is 13.5. The molecule has 10 heteroatoms. The van der Waals surface area contributed by atoms with Gasteiger partial charge in [0.2, 0.25) is 5.91 Å². The van der Waals surface area contributed by atoms with Crippen molar-refractivity contribution in [2.45, 2.75) is 51.2 Å². The van der Waals surface area contributed by atoms with Crippen molar-refractivity contribution in [1.29, 1.82) is 0 Å². The molecule has 1 saturated heterocycles. The molecule has 3 unspecified atom stereocenters. The van der Waals surface area contributed by atoms with E-state index in [2.05, 4.69) is 41.0 Å². The van der Waals surface area contributed by atoms with Crippen LogP contribution in [0.2, 0.25) is 5.02 Å². The summed E-state index contributed by atoms with van der Waals surface area (Å²) in [6.07, 6.45) is 1.71. The number of aromatic nitrogens is 2. The minimum absolute atomic E-state index is 0. The van der Waals surface area contributed by atoms with E-state index in [1.165, 1.54) is 0 Å². The Hall–Kier alpha value is -1.64. The summed E-state index contributed by atoms with van der Waals surface area (Å²) in [5.41, 5.74) is 2.79. The van der Waals surface area contributed by atoms with Crippen LogP contribution in [0, 0.1) is 0 Å². The molecule has 188 valence electrons. The third kappa shape index (κ3) is 6.13. The van der Waals surface area contributed by atoms with Crippen LogP contribution in [0.1, 0.15) is 62.0 Å². The van der Waals surface area contributed by atoms with Crippen LogP contribution in [-0.2, 0) is 4.79 Å². The summed E-state index contributed by atoms with van der Waals surface area (Å²) in [6.45, 7) is 9.57. The van der Waals surface area contributed by atoms with E-state index in [9.17, 15) is 9.90 Å². The SMILES string of the molecule is CC(C)NCC(C(=O)N1CCN(c2ncnc3c2C(C)CC3O)CC1)c1ccc(Cl)cc1.Cl.Cl. The molecule has 2 aliphatic rings. The van der Waals surface area contributed by atoms with Crippen LogP contribution < -0.4 is 10.2 Å². The second-order valence-corrected chi connectivity index (χ2v) is 9.56. The summed E-state index contributed by atoms with van der Waals surface area (Å²) in [5.74, 6) is 1.02. The second kappa shape index (κ2) is 12.4. The number of nitrogens with zero attached hydrogens (tertiary/aromatic N) is 4. The number of aliphatic hydroxyl groups is 1. The number of nitrogens with one attached hydrogen (secondary N) is 1. The number of benzene rings is 1. The molecule has 2 heterocycles. The predicted molar refractivity (Wildman–Crippen MR) is 141 cm³/mol. The number of anilines is 1. The molecule has 34 heavy (non-hydrogen) atoms. The number of fused-ring (bicyclic) bond motifs is 1. The Kier molecular flexibility index (Phi) is 10.4. The average molecular weight is 531 g/mol. The van der Waals surface area contributed by atoms with Gasteiger partial charge in [-0.15, -0.1) is 24.8 Å². The van der Waals surface area contributed by atoms with Crippen LogP contribution >= 0.6 is 36.4 Å². The molecule has 1 aromatic carbocycles.